The van der Waals surface area contributed by atoms with E-state index in [4.69, 9.17) is 27.9 Å². The molecule has 11 heteroatoms. The number of esters is 1. The summed E-state index contributed by atoms with van der Waals surface area (Å²) >= 11 is 13.3. The normalized spacial score (nSPS) is 15.8. The second-order valence-corrected chi connectivity index (χ2v) is 8.89. The number of ether oxygens (including phenoxy) is 1. The minimum absolute atomic E-state index is 0.0600. The summed E-state index contributed by atoms with van der Waals surface area (Å²) in [6, 6.07) is 10.2. The lowest BCUT2D eigenvalue weighted by molar-refractivity contribution is -0.384. The molecule has 0 amide bonds. The van der Waals surface area contributed by atoms with E-state index >= 15 is 0 Å². The van der Waals surface area contributed by atoms with Gasteiger partial charge in [0.25, 0.3) is 11.2 Å². The van der Waals surface area contributed by atoms with Crippen molar-refractivity contribution in [3.8, 4) is 0 Å². The SMILES string of the molecule is COC(=O)C1=C(C)N=c2sc(=Cc3ccccc3Cl)c(=O)n2C1c1ccc(Cl)c([N+](=O)[O-])c1. The fraction of sp³-hybridized carbons (Fsp3) is 0.136. The fourth-order valence-corrected chi connectivity index (χ4v) is 5.00. The molecule has 168 valence electrons. The molecular formula is C22H15Cl2N3O5S. The molecule has 1 atom stereocenters. The Kier molecular flexibility index (Phi) is 6.20. The molecule has 2 aromatic carbocycles. The molecule has 1 unspecified atom stereocenters. The molecule has 1 aliphatic heterocycles. The Labute approximate surface area is 200 Å². The summed E-state index contributed by atoms with van der Waals surface area (Å²) in [5.74, 6) is -0.695. The van der Waals surface area contributed by atoms with Gasteiger partial charge in [0.05, 0.1) is 33.9 Å². The van der Waals surface area contributed by atoms with Gasteiger partial charge < -0.3 is 4.74 Å². The molecule has 1 aromatic heterocycles. The molecule has 1 aliphatic rings. The number of nitrogens with zero attached hydrogens (tertiary/aromatic N) is 3. The van der Waals surface area contributed by atoms with E-state index in [1.54, 1.807) is 37.3 Å². The van der Waals surface area contributed by atoms with Crippen LogP contribution in [0.2, 0.25) is 10.0 Å². The molecule has 4 rings (SSSR count). The van der Waals surface area contributed by atoms with Crippen LogP contribution in [0.4, 0.5) is 5.69 Å². The number of carbonyl (C=O) groups excluding carboxylic acids is 1. The van der Waals surface area contributed by atoms with Crippen molar-refractivity contribution >= 4 is 52.3 Å². The molecule has 0 saturated carbocycles. The maximum atomic E-state index is 13.5. The van der Waals surface area contributed by atoms with Crippen LogP contribution in [0, 0.1) is 10.1 Å². The van der Waals surface area contributed by atoms with E-state index in [-0.39, 0.29) is 16.3 Å². The zero-order chi connectivity index (χ0) is 23.9. The minimum atomic E-state index is -0.988. The number of benzene rings is 2. The lowest BCUT2D eigenvalue weighted by Gasteiger charge is -2.24. The number of hydrogen-bond donors (Lipinski definition) is 0. The predicted molar refractivity (Wildman–Crippen MR) is 125 cm³/mol. The van der Waals surface area contributed by atoms with Gasteiger partial charge in [0.15, 0.2) is 4.80 Å². The third-order valence-electron chi connectivity index (χ3n) is 5.10. The van der Waals surface area contributed by atoms with Crippen molar-refractivity contribution in [1.82, 2.24) is 4.57 Å². The second kappa shape index (κ2) is 8.93. The number of aromatic nitrogens is 1. The van der Waals surface area contributed by atoms with Gasteiger partial charge in [0.1, 0.15) is 5.02 Å². The number of halogens is 2. The quantitative estimate of drug-likeness (QED) is 0.307. The van der Waals surface area contributed by atoms with Crippen molar-refractivity contribution in [2.24, 2.45) is 4.99 Å². The van der Waals surface area contributed by atoms with Crippen LogP contribution < -0.4 is 14.9 Å². The summed E-state index contributed by atoms with van der Waals surface area (Å²) in [4.78, 5) is 41.8. The smallest absolute Gasteiger partial charge is 0.338 e. The Hall–Kier alpha value is -3.27. The monoisotopic (exact) mass is 503 g/mol. The molecule has 2 heterocycles. The Morgan fingerprint density at radius 2 is 1.97 bits per heavy atom. The number of hydrogen-bond acceptors (Lipinski definition) is 7. The Morgan fingerprint density at radius 3 is 2.64 bits per heavy atom. The van der Waals surface area contributed by atoms with Gasteiger partial charge in [-0.1, -0.05) is 58.8 Å². The summed E-state index contributed by atoms with van der Waals surface area (Å²) in [6.45, 7) is 1.62. The summed E-state index contributed by atoms with van der Waals surface area (Å²) in [5.41, 5.74) is 0.653. The first-order valence-corrected chi connectivity index (χ1v) is 11.1. The van der Waals surface area contributed by atoms with Crippen LogP contribution in [0.1, 0.15) is 24.1 Å². The number of nitro benzene ring substituents is 1. The van der Waals surface area contributed by atoms with Gasteiger partial charge in [0, 0.05) is 11.1 Å². The number of thiazole rings is 1. The summed E-state index contributed by atoms with van der Waals surface area (Å²) in [7, 11) is 1.21. The number of methoxy groups -OCH3 is 1. The van der Waals surface area contributed by atoms with Gasteiger partial charge in [-0.25, -0.2) is 9.79 Å². The zero-order valence-electron chi connectivity index (χ0n) is 17.2. The predicted octanol–water partition coefficient (Wildman–Crippen LogP) is 3.62. The molecule has 0 radical (unpaired) electrons. The first-order chi connectivity index (χ1) is 15.7. The number of rotatable bonds is 4. The Morgan fingerprint density at radius 1 is 1.24 bits per heavy atom. The molecule has 8 nitrogen and oxygen atoms in total. The second-order valence-electron chi connectivity index (χ2n) is 7.06. The highest BCUT2D eigenvalue weighted by atomic mass is 35.5. The van der Waals surface area contributed by atoms with Gasteiger partial charge in [-0.2, -0.15) is 0 Å². The number of carbonyl (C=O) groups is 1. The maximum absolute atomic E-state index is 13.5. The molecule has 0 aliphatic carbocycles. The molecule has 0 fully saturated rings. The maximum Gasteiger partial charge on any atom is 0.338 e. The van der Waals surface area contributed by atoms with Crippen molar-refractivity contribution in [3.63, 3.8) is 0 Å². The number of allylic oxidation sites excluding steroid dienone is 1. The van der Waals surface area contributed by atoms with E-state index in [1.165, 1.54) is 29.9 Å². The van der Waals surface area contributed by atoms with E-state index in [0.717, 1.165) is 11.3 Å². The molecule has 3 aromatic rings. The Bertz CT molecular complexity index is 1520. The molecule has 0 saturated heterocycles. The van der Waals surface area contributed by atoms with Crippen molar-refractivity contribution < 1.29 is 14.5 Å². The van der Waals surface area contributed by atoms with E-state index in [1.807, 2.05) is 0 Å². The van der Waals surface area contributed by atoms with Crippen LogP contribution in [0.3, 0.4) is 0 Å². The highest BCUT2D eigenvalue weighted by Crippen LogP contribution is 2.34. The topological polar surface area (TPSA) is 104 Å². The zero-order valence-corrected chi connectivity index (χ0v) is 19.6. The lowest BCUT2D eigenvalue weighted by atomic mass is 9.95. The molecular weight excluding hydrogens is 489 g/mol. The summed E-state index contributed by atoms with van der Waals surface area (Å²) in [5, 5.41) is 11.9. The van der Waals surface area contributed by atoms with Crippen LogP contribution >= 0.6 is 34.5 Å². The van der Waals surface area contributed by atoms with Gasteiger partial charge in [0.2, 0.25) is 0 Å². The highest BCUT2D eigenvalue weighted by Gasteiger charge is 2.34. The van der Waals surface area contributed by atoms with Crippen molar-refractivity contribution in [2.75, 3.05) is 7.11 Å². The van der Waals surface area contributed by atoms with Crippen LogP contribution in [-0.4, -0.2) is 22.6 Å². The van der Waals surface area contributed by atoms with E-state index < -0.39 is 22.5 Å². The third-order valence-corrected chi connectivity index (χ3v) is 6.75. The largest absolute Gasteiger partial charge is 0.466 e. The molecule has 0 bridgehead atoms. The van der Waals surface area contributed by atoms with Gasteiger partial charge in [-0.3, -0.25) is 19.5 Å². The number of nitro groups is 1. The third kappa shape index (κ3) is 4.10. The van der Waals surface area contributed by atoms with Crippen LogP contribution in [0.25, 0.3) is 6.08 Å². The van der Waals surface area contributed by atoms with E-state index in [2.05, 4.69) is 4.99 Å². The molecule has 0 N–H and O–H groups in total. The average Bonchev–Trinajstić information content (AvgIpc) is 3.08. The molecule has 33 heavy (non-hydrogen) atoms. The van der Waals surface area contributed by atoms with Crippen LogP contribution in [0.5, 0.6) is 0 Å². The summed E-state index contributed by atoms with van der Waals surface area (Å²) in [6.07, 6.45) is 1.64. The summed E-state index contributed by atoms with van der Waals surface area (Å²) < 4.78 is 6.61. The van der Waals surface area contributed by atoms with Crippen LogP contribution in [0.15, 0.2) is 63.5 Å². The highest BCUT2D eigenvalue weighted by molar-refractivity contribution is 7.07. The van der Waals surface area contributed by atoms with Crippen molar-refractivity contribution in [1.29, 1.82) is 0 Å². The average molecular weight is 504 g/mol. The lowest BCUT2D eigenvalue weighted by Crippen LogP contribution is -2.39. The van der Waals surface area contributed by atoms with Crippen molar-refractivity contribution in [3.05, 3.63) is 105 Å². The number of fused-ring (bicyclic) bond motifs is 1. The molecule has 0 spiro atoms. The van der Waals surface area contributed by atoms with Gasteiger partial charge in [-0.15, -0.1) is 0 Å². The first-order valence-electron chi connectivity index (χ1n) is 9.52. The van der Waals surface area contributed by atoms with E-state index in [9.17, 15) is 19.7 Å². The fourth-order valence-electron chi connectivity index (χ4n) is 3.58. The Balaban J connectivity index is 2.02. The van der Waals surface area contributed by atoms with Crippen molar-refractivity contribution in [2.45, 2.75) is 13.0 Å². The van der Waals surface area contributed by atoms with E-state index in [0.29, 0.717) is 31.2 Å². The first kappa shape index (κ1) is 22.9. The van der Waals surface area contributed by atoms with Gasteiger partial charge >= 0.3 is 5.97 Å². The van der Waals surface area contributed by atoms with Gasteiger partial charge in [-0.05, 0) is 36.3 Å². The van der Waals surface area contributed by atoms with Crippen LogP contribution in [-0.2, 0) is 9.53 Å². The minimum Gasteiger partial charge on any atom is -0.466 e. The standard InChI is InChI=1S/C22H15Cl2N3O5S/c1-11-18(21(29)32-2)19(13-7-8-15(24)16(9-13)27(30)31)26-20(28)17(33-22(26)25-11)10-12-5-3-4-6-14(12)23/h3-10,19H,1-2H3.